The van der Waals surface area contributed by atoms with Gasteiger partial charge in [0.2, 0.25) is 5.29 Å². The molecule has 6 heteroatoms. The number of rotatable bonds is 2. The Morgan fingerprint density at radius 1 is 1.05 bits per heavy atom. The van der Waals surface area contributed by atoms with Gasteiger partial charge in [-0.05, 0) is 35.9 Å². The first-order valence-electron chi connectivity index (χ1n) is 7.23. The zero-order valence-corrected chi connectivity index (χ0v) is 12.4. The summed E-state index contributed by atoms with van der Waals surface area (Å²) in [5, 5.41) is 0.314. The zero-order chi connectivity index (χ0) is 14.2. The molecule has 3 aliphatic heterocycles. The molecule has 1 aromatic carbocycles. The van der Waals surface area contributed by atoms with Gasteiger partial charge in [0.05, 0.1) is 19.6 Å². The summed E-state index contributed by atoms with van der Waals surface area (Å²) in [7, 11) is 0. The van der Waals surface area contributed by atoms with Crippen LogP contribution in [0.25, 0.3) is 0 Å². The summed E-state index contributed by atoms with van der Waals surface area (Å²) < 4.78 is 5.53. The molecule has 0 bridgehead atoms. The minimum atomic E-state index is 0.314. The molecular weight excluding hydrogens is 288 g/mol. The fraction of sp³-hybridized carbons (Fsp3) is 0.467. The van der Waals surface area contributed by atoms with Crippen LogP contribution in [0.3, 0.4) is 0 Å². The van der Waals surface area contributed by atoms with Crippen LogP contribution in [0.15, 0.2) is 34.3 Å². The van der Waals surface area contributed by atoms with Crippen molar-refractivity contribution in [2.75, 3.05) is 42.8 Å². The van der Waals surface area contributed by atoms with E-state index < -0.39 is 0 Å². The number of benzene rings is 1. The summed E-state index contributed by atoms with van der Waals surface area (Å²) in [5.41, 5.74) is 2.36. The van der Waals surface area contributed by atoms with Crippen molar-refractivity contribution in [1.82, 2.24) is 0 Å². The molecule has 4 rings (SSSR count). The molecule has 3 heterocycles. The molecule has 2 fully saturated rings. The fourth-order valence-corrected chi connectivity index (χ4v) is 3.33. The summed E-state index contributed by atoms with van der Waals surface area (Å²) in [6.07, 6.45) is 1.72. The number of nitrogens with zero attached hydrogens (tertiary/aromatic N) is 4. The Bertz CT molecular complexity index is 574. The molecule has 1 aromatic rings. The van der Waals surface area contributed by atoms with Crippen molar-refractivity contribution in [2.24, 2.45) is 21.8 Å². The van der Waals surface area contributed by atoms with Crippen LogP contribution in [0.5, 0.6) is 0 Å². The molecule has 2 unspecified atom stereocenters. The van der Waals surface area contributed by atoms with E-state index in [1.807, 2.05) is 4.90 Å². The summed E-state index contributed by atoms with van der Waals surface area (Å²) in [6, 6.07) is 8.57. The highest BCUT2D eigenvalue weighted by molar-refractivity contribution is 6.65. The minimum Gasteiger partial charge on any atom is -0.381 e. The number of hydrogen-bond acceptors (Lipinski definition) is 5. The lowest BCUT2D eigenvalue weighted by Gasteiger charge is -2.23. The van der Waals surface area contributed by atoms with Crippen molar-refractivity contribution in [3.63, 3.8) is 0 Å². The average Bonchev–Trinajstić information content (AvgIpc) is 3.10. The predicted octanol–water partition coefficient (Wildman–Crippen LogP) is 2.17. The number of hydrogen-bond donors (Lipinski definition) is 0. The van der Waals surface area contributed by atoms with Gasteiger partial charge < -0.3 is 14.5 Å². The molecular formula is C15H17ClN4O. The van der Waals surface area contributed by atoms with Crippen molar-refractivity contribution < 1.29 is 4.74 Å². The Labute approximate surface area is 128 Å². The van der Waals surface area contributed by atoms with Crippen LogP contribution < -0.4 is 9.80 Å². The van der Waals surface area contributed by atoms with E-state index >= 15 is 0 Å². The Hall–Kier alpha value is -1.59. The van der Waals surface area contributed by atoms with E-state index in [0.29, 0.717) is 23.8 Å². The molecule has 0 amide bonds. The van der Waals surface area contributed by atoms with Gasteiger partial charge in [0.15, 0.2) is 0 Å². The SMILES string of the molecule is ClC1=NCN(c2ccc(N3CC4COCC4C3)cc2)C=N1. The van der Waals surface area contributed by atoms with Gasteiger partial charge in [-0.3, -0.25) is 0 Å². The van der Waals surface area contributed by atoms with Crippen molar-refractivity contribution >= 4 is 34.6 Å². The smallest absolute Gasteiger partial charge is 0.220 e. The highest BCUT2D eigenvalue weighted by Crippen LogP contribution is 2.33. The molecule has 0 N–H and O–H groups in total. The first-order chi connectivity index (χ1) is 10.3. The normalized spacial score (nSPS) is 28.0. The molecule has 3 aliphatic rings. The van der Waals surface area contributed by atoms with Gasteiger partial charge in [0.1, 0.15) is 6.67 Å². The Balaban J connectivity index is 1.46. The molecule has 2 saturated heterocycles. The monoisotopic (exact) mass is 304 g/mol. The van der Waals surface area contributed by atoms with Crippen molar-refractivity contribution in [2.45, 2.75) is 0 Å². The Morgan fingerprint density at radius 3 is 2.33 bits per heavy atom. The van der Waals surface area contributed by atoms with Crippen LogP contribution in [0, 0.1) is 11.8 Å². The number of amidine groups is 1. The summed E-state index contributed by atoms with van der Waals surface area (Å²) >= 11 is 5.74. The van der Waals surface area contributed by atoms with Crippen LogP contribution in [-0.4, -0.2) is 44.6 Å². The molecule has 0 spiro atoms. The van der Waals surface area contributed by atoms with Crippen LogP contribution in [0.4, 0.5) is 11.4 Å². The number of anilines is 2. The van der Waals surface area contributed by atoms with Gasteiger partial charge in [-0.2, -0.15) is 0 Å². The van der Waals surface area contributed by atoms with E-state index in [1.165, 1.54) is 5.69 Å². The highest BCUT2D eigenvalue weighted by atomic mass is 35.5. The van der Waals surface area contributed by atoms with Crippen molar-refractivity contribution in [3.8, 4) is 0 Å². The van der Waals surface area contributed by atoms with Crippen LogP contribution in [0.2, 0.25) is 0 Å². The Kier molecular flexibility index (Phi) is 3.31. The maximum absolute atomic E-state index is 5.74. The molecule has 0 saturated carbocycles. The van der Waals surface area contributed by atoms with Gasteiger partial charge in [0.25, 0.3) is 0 Å². The maximum atomic E-state index is 5.74. The van der Waals surface area contributed by atoms with Gasteiger partial charge in [-0.1, -0.05) is 0 Å². The van der Waals surface area contributed by atoms with E-state index in [-0.39, 0.29) is 0 Å². The second-order valence-corrected chi connectivity index (χ2v) is 6.10. The average molecular weight is 305 g/mol. The molecule has 2 atom stereocenters. The van der Waals surface area contributed by atoms with Crippen LogP contribution in [-0.2, 0) is 4.74 Å². The first-order valence-corrected chi connectivity index (χ1v) is 7.61. The van der Waals surface area contributed by atoms with Gasteiger partial charge in [-0.25, -0.2) is 9.98 Å². The Morgan fingerprint density at radius 2 is 1.71 bits per heavy atom. The third-order valence-corrected chi connectivity index (χ3v) is 4.66. The number of ether oxygens (including phenoxy) is 1. The lowest BCUT2D eigenvalue weighted by molar-refractivity contribution is 0.177. The largest absolute Gasteiger partial charge is 0.381 e. The van der Waals surface area contributed by atoms with E-state index in [4.69, 9.17) is 16.3 Å². The number of fused-ring (bicyclic) bond motifs is 1. The second-order valence-electron chi connectivity index (χ2n) is 5.76. The number of aliphatic imine (C=N–C) groups is 2. The quantitative estimate of drug-likeness (QED) is 0.786. The fourth-order valence-electron chi connectivity index (χ4n) is 3.23. The lowest BCUT2D eigenvalue weighted by atomic mass is 10.0. The van der Waals surface area contributed by atoms with Crippen LogP contribution in [0.1, 0.15) is 0 Å². The first kappa shape index (κ1) is 13.1. The summed E-state index contributed by atoms with van der Waals surface area (Å²) in [4.78, 5) is 12.6. The molecule has 0 aliphatic carbocycles. The third-order valence-electron chi connectivity index (χ3n) is 4.44. The minimum absolute atomic E-state index is 0.314. The van der Waals surface area contributed by atoms with E-state index in [2.05, 4.69) is 39.2 Å². The zero-order valence-electron chi connectivity index (χ0n) is 11.7. The van der Waals surface area contributed by atoms with Gasteiger partial charge >= 0.3 is 0 Å². The molecule has 5 nitrogen and oxygen atoms in total. The molecule has 21 heavy (non-hydrogen) atoms. The van der Waals surface area contributed by atoms with Crippen LogP contribution >= 0.6 is 11.6 Å². The van der Waals surface area contributed by atoms with E-state index in [1.54, 1.807) is 6.34 Å². The second kappa shape index (κ2) is 5.31. The molecule has 0 radical (unpaired) electrons. The standard InChI is InChI=1S/C15H17ClN4O/c16-15-17-9-20(10-18-15)14-3-1-13(2-4-14)19-5-11-7-21-8-12(11)6-19/h1-4,9,11-12H,5-8,10H2. The van der Waals surface area contributed by atoms with Crippen molar-refractivity contribution in [1.29, 1.82) is 0 Å². The highest BCUT2D eigenvalue weighted by Gasteiger charge is 2.37. The molecule has 0 aromatic heterocycles. The third kappa shape index (κ3) is 2.51. The van der Waals surface area contributed by atoms with E-state index in [9.17, 15) is 0 Å². The predicted molar refractivity (Wildman–Crippen MR) is 85.6 cm³/mol. The topological polar surface area (TPSA) is 40.4 Å². The lowest BCUT2D eigenvalue weighted by Crippen LogP contribution is -2.25. The number of halogens is 1. The van der Waals surface area contributed by atoms with Gasteiger partial charge in [0, 0.05) is 36.3 Å². The summed E-state index contributed by atoms with van der Waals surface area (Å²) in [6.45, 7) is 4.57. The van der Waals surface area contributed by atoms with E-state index in [0.717, 1.165) is 32.0 Å². The molecule has 110 valence electrons. The maximum Gasteiger partial charge on any atom is 0.220 e. The van der Waals surface area contributed by atoms with Crippen molar-refractivity contribution in [3.05, 3.63) is 24.3 Å². The van der Waals surface area contributed by atoms with Gasteiger partial charge in [-0.15, -0.1) is 0 Å². The summed E-state index contributed by atoms with van der Waals surface area (Å²) in [5.74, 6) is 1.41.